The minimum atomic E-state index is -0.0797. The first-order valence-corrected chi connectivity index (χ1v) is 8.79. The number of ether oxygens (including phenoxy) is 1. The van der Waals surface area contributed by atoms with Crippen molar-refractivity contribution in [3.8, 4) is 5.75 Å². The molecule has 0 unspecified atom stereocenters. The van der Waals surface area contributed by atoms with Crippen LogP contribution >= 0.6 is 0 Å². The van der Waals surface area contributed by atoms with E-state index in [1.807, 2.05) is 55.9 Å². The van der Waals surface area contributed by atoms with Gasteiger partial charge in [-0.05, 0) is 38.0 Å². The Hall–Kier alpha value is -2.50. The molecule has 0 spiro atoms. The van der Waals surface area contributed by atoms with Crippen molar-refractivity contribution in [3.63, 3.8) is 0 Å². The summed E-state index contributed by atoms with van der Waals surface area (Å²) in [4.78, 5) is 18.8. The van der Waals surface area contributed by atoms with E-state index < -0.39 is 0 Å². The SMILES string of the molecule is CCCN(Cc1nccn1C)C(=O)N[C@H](C)c1ccc(OCC)cc1. The average molecular weight is 344 g/mol. The zero-order chi connectivity index (χ0) is 18.2. The quantitative estimate of drug-likeness (QED) is 0.797. The molecule has 1 N–H and O–H groups in total. The minimum absolute atomic E-state index is 0.0776. The molecule has 2 amide bonds. The van der Waals surface area contributed by atoms with Crippen molar-refractivity contribution in [1.82, 2.24) is 19.8 Å². The molecule has 136 valence electrons. The highest BCUT2D eigenvalue weighted by Crippen LogP contribution is 2.18. The van der Waals surface area contributed by atoms with Gasteiger partial charge in [0.15, 0.2) is 0 Å². The molecule has 2 rings (SSSR count). The topological polar surface area (TPSA) is 59.4 Å². The van der Waals surface area contributed by atoms with E-state index in [0.717, 1.165) is 23.6 Å². The molecule has 0 aliphatic rings. The van der Waals surface area contributed by atoms with Gasteiger partial charge < -0.3 is 19.5 Å². The monoisotopic (exact) mass is 344 g/mol. The smallest absolute Gasteiger partial charge is 0.318 e. The number of aryl methyl sites for hydroxylation is 1. The summed E-state index contributed by atoms with van der Waals surface area (Å²) >= 11 is 0. The molecule has 0 fully saturated rings. The number of amides is 2. The number of nitrogens with one attached hydrogen (secondary N) is 1. The maximum atomic E-state index is 12.7. The van der Waals surface area contributed by atoms with Gasteiger partial charge in [0.25, 0.3) is 0 Å². The molecule has 1 aromatic carbocycles. The van der Waals surface area contributed by atoms with Crippen LogP contribution in [0.25, 0.3) is 0 Å². The predicted octanol–water partition coefficient (Wildman–Crippen LogP) is 3.50. The molecule has 2 aromatic rings. The lowest BCUT2D eigenvalue weighted by Crippen LogP contribution is -2.41. The third-order valence-electron chi connectivity index (χ3n) is 4.07. The molecule has 0 aliphatic carbocycles. The Balaban J connectivity index is 2.00. The van der Waals surface area contributed by atoms with E-state index in [1.165, 1.54) is 0 Å². The van der Waals surface area contributed by atoms with E-state index in [1.54, 1.807) is 11.1 Å². The van der Waals surface area contributed by atoms with E-state index in [0.29, 0.717) is 19.7 Å². The Morgan fingerprint density at radius 3 is 2.60 bits per heavy atom. The second-order valence-corrected chi connectivity index (χ2v) is 6.05. The Bertz CT molecular complexity index is 666. The lowest BCUT2D eigenvalue weighted by molar-refractivity contribution is 0.190. The first kappa shape index (κ1) is 18.8. The number of rotatable bonds is 8. The molecule has 0 radical (unpaired) electrons. The summed E-state index contributed by atoms with van der Waals surface area (Å²) in [5.74, 6) is 1.71. The van der Waals surface area contributed by atoms with Gasteiger partial charge in [-0.3, -0.25) is 0 Å². The molecule has 25 heavy (non-hydrogen) atoms. The van der Waals surface area contributed by atoms with Crippen molar-refractivity contribution < 1.29 is 9.53 Å². The van der Waals surface area contributed by atoms with E-state index >= 15 is 0 Å². The lowest BCUT2D eigenvalue weighted by atomic mass is 10.1. The first-order valence-electron chi connectivity index (χ1n) is 8.79. The normalized spacial score (nSPS) is 11.8. The van der Waals surface area contributed by atoms with Gasteiger partial charge in [-0.1, -0.05) is 19.1 Å². The number of aromatic nitrogens is 2. The van der Waals surface area contributed by atoms with Crippen LogP contribution in [0.15, 0.2) is 36.7 Å². The second kappa shape index (κ2) is 9.11. The number of carbonyl (C=O) groups excluding carboxylic acids is 1. The van der Waals surface area contributed by atoms with Crippen LogP contribution in [0.1, 0.15) is 44.6 Å². The molecular weight excluding hydrogens is 316 g/mol. The number of nitrogens with zero attached hydrogens (tertiary/aromatic N) is 3. The van der Waals surface area contributed by atoms with Crippen molar-refractivity contribution in [2.24, 2.45) is 7.05 Å². The highest BCUT2D eigenvalue weighted by molar-refractivity contribution is 5.74. The van der Waals surface area contributed by atoms with E-state index in [4.69, 9.17) is 4.74 Å². The van der Waals surface area contributed by atoms with Crippen LogP contribution in [0.5, 0.6) is 5.75 Å². The van der Waals surface area contributed by atoms with Crippen LogP contribution in [0.3, 0.4) is 0 Å². The van der Waals surface area contributed by atoms with Crippen molar-refractivity contribution >= 4 is 6.03 Å². The summed E-state index contributed by atoms with van der Waals surface area (Å²) in [7, 11) is 1.94. The first-order chi connectivity index (χ1) is 12.0. The third kappa shape index (κ3) is 5.24. The molecule has 0 saturated carbocycles. The van der Waals surface area contributed by atoms with E-state index in [9.17, 15) is 4.79 Å². The van der Waals surface area contributed by atoms with Crippen LogP contribution in [-0.2, 0) is 13.6 Å². The highest BCUT2D eigenvalue weighted by Gasteiger charge is 2.18. The van der Waals surface area contributed by atoms with Gasteiger partial charge in [0.1, 0.15) is 11.6 Å². The van der Waals surface area contributed by atoms with Gasteiger partial charge in [-0.15, -0.1) is 0 Å². The summed E-state index contributed by atoms with van der Waals surface area (Å²) in [6.07, 6.45) is 4.54. The van der Waals surface area contributed by atoms with Gasteiger partial charge in [-0.2, -0.15) is 0 Å². The maximum Gasteiger partial charge on any atom is 0.318 e. The average Bonchev–Trinajstić information content (AvgIpc) is 3.00. The number of benzene rings is 1. The third-order valence-corrected chi connectivity index (χ3v) is 4.07. The van der Waals surface area contributed by atoms with Gasteiger partial charge in [0, 0.05) is 26.0 Å². The Labute approximate surface area is 149 Å². The van der Waals surface area contributed by atoms with Gasteiger partial charge in [0.05, 0.1) is 19.2 Å². The van der Waals surface area contributed by atoms with Gasteiger partial charge >= 0.3 is 6.03 Å². The molecule has 1 heterocycles. The highest BCUT2D eigenvalue weighted by atomic mass is 16.5. The number of imidazole rings is 1. The molecule has 6 nitrogen and oxygen atoms in total. The summed E-state index contributed by atoms with van der Waals surface area (Å²) in [6, 6.07) is 7.67. The lowest BCUT2D eigenvalue weighted by Gasteiger charge is -2.25. The molecular formula is C19H28N4O2. The molecule has 0 saturated heterocycles. The van der Waals surface area contributed by atoms with E-state index in [2.05, 4.69) is 17.2 Å². The summed E-state index contributed by atoms with van der Waals surface area (Å²) < 4.78 is 7.39. The molecule has 0 bridgehead atoms. The van der Waals surface area contributed by atoms with Crippen LogP contribution in [0, 0.1) is 0 Å². The summed E-state index contributed by atoms with van der Waals surface area (Å²) in [6.45, 7) is 7.84. The van der Waals surface area contributed by atoms with E-state index in [-0.39, 0.29) is 12.1 Å². The standard InChI is InChI=1S/C19H28N4O2/c1-5-12-23(14-18-20-11-13-22(18)4)19(24)21-15(3)16-7-9-17(10-8-16)25-6-2/h7-11,13,15H,5-6,12,14H2,1-4H3,(H,21,24)/t15-/m1/s1. The van der Waals surface area contributed by atoms with Crippen molar-refractivity contribution in [2.75, 3.05) is 13.2 Å². The zero-order valence-corrected chi connectivity index (χ0v) is 15.5. The molecule has 1 atom stereocenters. The number of urea groups is 1. The fraction of sp³-hybridized carbons (Fsp3) is 0.474. The van der Waals surface area contributed by atoms with Crippen molar-refractivity contribution in [2.45, 2.75) is 39.8 Å². The largest absolute Gasteiger partial charge is 0.494 e. The van der Waals surface area contributed by atoms with Crippen LogP contribution in [0.2, 0.25) is 0 Å². The summed E-state index contributed by atoms with van der Waals surface area (Å²) in [5.41, 5.74) is 1.05. The number of carbonyl (C=O) groups is 1. The number of hydrogen-bond acceptors (Lipinski definition) is 3. The Kier molecular flexibility index (Phi) is 6.86. The predicted molar refractivity (Wildman–Crippen MR) is 98.5 cm³/mol. The summed E-state index contributed by atoms with van der Waals surface area (Å²) in [5, 5.41) is 3.07. The fourth-order valence-corrected chi connectivity index (χ4v) is 2.62. The van der Waals surface area contributed by atoms with Gasteiger partial charge in [0.2, 0.25) is 0 Å². The molecule has 6 heteroatoms. The molecule has 0 aliphatic heterocycles. The van der Waals surface area contributed by atoms with Crippen molar-refractivity contribution in [1.29, 1.82) is 0 Å². The Morgan fingerprint density at radius 2 is 2.04 bits per heavy atom. The van der Waals surface area contributed by atoms with Crippen molar-refractivity contribution in [3.05, 3.63) is 48.0 Å². The molecule has 1 aromatic heterocycles. The fourth-order valence-electron chi connectivity index (χ4n) is 2.62. The van der Waals surface area contributed by atoms with Crippen LogP contribution in [-0.4, -0.2) is 33.6 Å². The zero-order valence-electron chi connectivity index (χ0n) is 15.5. The Morgan fingerprint density at radius 1 is 1.32 bits per heavy atom. The minimum Gasteiger partial charge on any atom is -0.494 e. The van der Waals surface area contributed by atoms with Crippen LogP contribution in [0.4, 0.5) is 4.79 Å². The second-order valence-electron chi connectivity index (χ2n) is 6.05. The van der Waals surface area contributed by atoms with Gasteiger partial charge in [-0.25, -0.2) is 9.78 Å². The van der Waals surface area contributed by atoms with Crippen LogP contribution < -0.4 is 10.1 Å². The maximum absolute atomic E-state index is 12.7. The number of hydrogen-bond donors (Lipinski definition) is 1.